The summed E-state index contributed by atoms with van der Waals surface area (Å²) in [6.07, 6.45) is 0.770. The van der Waals surface area contributed by atoms with Gasteiger partial charge in [0.25, 0.3) is 0 Å². The molecule has 1 saturated heterocycles. The topological polar surface area (TPSA) is 32.8 Å². The molecule has 2 aliphatic heterocycles. The predicted octanol–water partition coefficient (Wildman–Crippen LogP) is 3.34. The molecule has 4 rings (SSSR count). The Morgan fingerprint density at radius 3 is 2.71 bits per heavy atom. The van der Waals surface area contributed by atoms with E-state index < -0.39 is 0 Å². The summed E-state index contributed by atoms with van der Waals surface area (Å²) < 4.78 is 6.18. The Balaban J connectivity index is 1.61. The van der Waals surface area contributed by atoms with Crippen molar-refractivity contribution in [3.05, 3.63) is 59.1 Å². The number of anilines is 1. The third-order valence-electron chi connectivity index (χ3n) is 4.80. The number of likely N-dealkylation sites (tertiary alicyclic amines) is 1. The number of amides is 1. The number of para-hydroxylation sites is 2. The van der Waals surface area contributed by atoms with Crippen LogP contribution in [-0.2, 0) is 11.3 Å². The first-order valence-electron chi connectivity index (χ1n) is 8.13. The van der Waals surface area contributed by atoms with Crippen molar-refractivity contribution in [2.75, 3.05) is 18.5 Å². The highest BCUT2D eigenvalue weighted by Gasteiger charge is 2.41. The highest BCUT2D eigenvalue weighted by molar-refractivity contribution is 6.30. The summed E-state index contributed by atoms with van der Waals surface area (Å²) in [5.41, 5.74) is 1.99. The number of carbonyl (C=O) groups is 1. The third kappa shape index (κ3) is 2.76. The van der Waals surface area contributed by atoms with E-state index in [0.717, 1.165) is 41.5 Å². The molecule has 4 nitrogen and oxygen atoms in total. The Morgan fingerprint density at radius 2 is 1.92 bits per heavy atom. The number of fused-ring (bicyclic) bond motifs is 3. The van der Waals surface area contributed by atoms with Crippen LogP contribution in [0.1, 0.15) is 12.0 Å². The Labute approximate surface area is 146 Å². The average Bonchev–Trinajstić information content (AvgIpc) is 2.98. The third-order valence-corrected chi connectivity index (χ3v) is 5.05. The van der Waals surface area contributed by atoms with Gasteiger partial charge in [0.1, 0.15) is 11.9 Å². The molecule has 0 saturated carbocycles. The molecule has 2 atom stereocenters. The molecule has 0 aliphatic carbocycles. The fourth-order valence-corrected chi connectivity index (χ4v) is 3.68. The van der Waals surface area contributed by atoms with Crippen molar-refractivity contribution in [1.82, 2.24) is 4.90 Å². The molecular formula is C19H19ClN2O2. The predicted molar refractivity (Wildman–Crippen MR) is 94.5 cm³/mol. The first-order chi connectivity index (χ1) is 11.6. The molecule has 5 heteroatoms. The summed E-state index contributed by atoms with van der Waals surface area (Å²) in [5.74, 6) is 0.910. The maximum Gasteiger partial charge on any atom is 0.244 e. The SMILES string of the molecule is CN1C(=O)[C@@H]2C[C@@H](CN2Cc2ccc(Cl)cc2)Oc2ccccc21. The van der Waals surface area contributed by atoms with Crippen LogP contribution in [0.5, 0.6) is 5.75 Å². The number of ether oxygens (including phenoxy) is 1. The monoisotopic (exact) mass is 342 g/mol. The van der Waals surface area contributed by atoms with Crippen LogP contribution in [0, 0.1) is 0 Å². The van der Waals surface area contributed by atoms with Crippen LogP contribution in [0.25, 0.3) is 0 Å². The number of carbonyl (C=O) groups excluding carboxylic acids is 1. The minimum absolute atomic E-state index is 0.0427. The summed E-state index contributed by atoms with van der Waals surface area (Å²) in [4.78, 5) is 16.9. The van der Waals surface area contributed by atoms with Crippen molar-refractivity contribution in [1.29, 1.82) is 0 Å². The van der Waals surface area contributed by atoms with Crippen molar-refractivity contribution in [2.45, 2.75) is 25.1 Å². The number of halogens is 1. The molecule has 2 aliphatic rings. The Bertz CT molecular complexity index is 762. The molecule has 2 aromatic carbocycles. The van der Waals surface area contributed by atoms with Gasteiger partial charge in [-0.15, -0.1) is 0 Å². The van der Waals surface area contributed by atoms with Gasteiger partial charge in [0.15, 0.2) is 0 Å². The zero-order valence-electron chi connectivity index (χ0n) is 13.5. The summed E-state index contributed by atoms with van der Waals surface area (Å²) in [6.45, 7) is 1.47. The molecule has 2 aromatic rings. The smallest absolute Gasteiger partial charge is 0.244 e. The second-order valence-corrected chi connectivity index (χ2v) is 6.85. The molecule has 0 spiro atoms. The Morgan fingerprint density at radius 1 is 1.17 bits per heavy atom. The van der Waals surface area contributed by atoms with E-state index in [2.05, 4.69) is 4.90 Å². The Hall–Kier alpha value is -2.04. The molecule has 0 aromatic heterocycles. The lowest BCUT2D eigenvalue weighted by molar-refractivity contribution is -0.122. The highest BCUT2D eigenvalue weighted by atomic mass is 35.5. The van der Waals surface area contributed by atoms with E-state index in [1.54, 1.807) is 4.90 Å². The molecule has 2 bridgehead atoms. The van der Waals surface area contributed by atoms with Crippen LogP contribution in [0.2, 0.25) is 5.02 Å². The van der Waals surface area contributed by atoms with E-state index >= 15 is 0 Å². The summed E-state index contributed by atoms with van der Waals surface area (Å²) >= 11 is 5.96. The first kappa shape index (κ1) is 15.5. The van der Waals surface area contributed by atoms with Gasteiger partial charge in [-0.3, -0.25) is 9.69 Å². The van der Waals surface area contributed by atoms with Gasteiger partial charge in [0, 0.05) is 31.6 Å². The maximum atomic E-state index is 13.0. The van der Waals surface area contributed by atoms with Gasteiger partial charge in [-0.25, -0.2) is 0 Å². The molecule has 124 valence electrons. The van der Waals surface area contributed by atoms with Crippen molar-refractivity contribution < 1.29 is 9.53 Å². The number of nitrogens with zero attached hydrogens (tertiary/aromatic N) is 2. The average molecular weight is 343 g/mol. The molecule has 24 heavy (non-hydrogen) atoms. The van der Waals surface area contributed by atoms with E-state index in [-0.39, 0.29) is 18.1 Å². The minimum atomic E-state index is -0.149. The van der Waals surface area contributed by atoms with Crippen LogP contribution in [-0.4, -0.2) is 36.5 Å². The molecule has 0 unspecified atom stereocenters. The minimum Gasteiger partial charge on any atom is -0.487 e. The van der Waals surface area contributed by atoms with E-state index in [0.29, 0.717) is 0 Å². The second-order valence-electron chi connectivity index (χ2n) is 6.41. The van der Waals surface area contributed by atoms with Crippen molar-refractivity contribution in [3.63, 3.8) is 0 Å². The second kappa shape index (κ2) is 6.11. The summed E-state index contributed by atoms with van der Waals surface area (Å²) in [7, 11) is 1.82. The molecule has 0 N–H and O–H groups in total. The fourth-order valence-electron chi connectivity index (χ4n) is 3.56. The quantitative estimate of drug-likeness (QED) is 0.839. The number of hydrogen-bond acceptors (Lipinski definition) is 3. The van der Waals surface area contributed by atoms with Gasteiger partial charge in [0.2, 0.25) is 5.91 Å². The van der Waals surface area contributed by atoms with E-state index in [1.807, 2.05) is 55.6 Å². The standard InChI is InChI=1S/C19H19ClN2O2/c1-21-16-4-2-3-5-18(16)24-15-10-17(19(21)23)22(12-15)11-13-6-8-14(20)9-7-13/h2-9,15,17H,10-12H2,1H3/t15-,17-/m0/s1. The largest absolute Gasteiger partial charge is 0.487 e. The molecule has 1 fully saturated rings. The van der Waals surface area contributed by atoms with Gasteiger partial charge >= 0.3 is 0 Å². The zero-order chi connectivity index (χ0) is 16.7. The van der Waals surface area contributed by atoms with Crippen LogP contribution < -0.4 is 9.64 Å². The molecular weight excluding hydrogens is 324 g/mol. The van der Waals surface area contributed by atoms with Gasteiger partial charge in [-0.1, -0.05) is 35.9 Å². The van der Waals surface area contributed by atoms with Crippen molar-refractivity contribution >= 4 is 23.2 Å². The summed E-state index contributed by atoms with van der Waals surface area (Å²) in [6, 6.07) is 15.4. The van der Waals surface area contributed by atoms with Crippen LogP contribution >= 0.6 is 11.6 Å². The Kier molecular flexibility index (Phi) is 3.94. The van der Waals surface area contributed by atoms with E-state index in [9.17, 15) is 4.79 Å². The maximum absolute atomic E-state index is 13.0. The summed E-state index contributed by atoms with van der Waals surface area (Å²) in [5, 5.41) is 0.724. The van der Waals surface area contributed by atoms with Crippen LogP contribution in [0.4, 0.5) is 5.69 Å². The van der Waals surface area contributed by atoms with Gasteiger partial charge in [0.05, 0.1) is 11.7 Å². The number of hydrogen-bond donors (Lipinski definition) is 0. The molecule has 1 amide bonds. The normalized spacial score (nSPS) is 23.4. The van der Waals surface area contributed by atoms with Crippen LogP contribution in [0.3, 0.4) is 0 Å². The number of likely N-dealkylation sites (N-methyl/N-ethyl adjacent to an activating group) is 1. The van der Waals surface area contributed by atoms with Gasteiger partial charge in [-0.2, -0.15) is 0 Å². The van der Waals surface area contributed by atoms with E-state index in [1.165, 1.54) is 0 Å². The fraction of sp³-hybridized carbons (Fsp3) is 0.316. The van der Waals surface area contributed by atoms with Gasteiger partial charge < -0.3 is 9.64 Å². The zero-order valence-corrected chi connectivity index (χ0v) is 14.2. The lowest BCUT2D eigenvalue weighted by Gasteiger charge is -2.29. The van der Waals surface area contributed by atoms with E-state index in [4.69, 9.17) is 16.3 Å². The lowest BCUT2D eigenvalue weighted by atomic mass is 10.1. The van der Waals surface area contributed by atoms with Crippen molar-refractivity contribution in [3.8, 4) is 5.75 Å². The number of benzene rings is 2. The lowest BCUT2D eigenvalue weighted by Crippen LogP contribution is -2.44. The van der Waals surface area contributed by atoms with Gasteiger partial charge in [-0.05, 0) is 29.8 Å². The molecule has 2 heterocycles. The number of rotatable bonds is 2. The highest BCUT2D eigenvalue weighted by Crippen LogP contribution is 2.35. The molecule has 0 radical (unpaired) electrons. The van der Waals surface area contributed by atoms with Crippen molar-refractivity contribution in [2.24, 2.45) is 0 Å². The first-order valence-corrected chi connectivity index (χ1v) is 8.51. The van der Waals surface area contributed by atoms with Crippen LogP contribution in [0.15, 0.2) is 48.5 Å².